The van der Waals surface area contributed by atoms with Crippen LogP contribution in [0.25, 0.3) is 0 Å². The van der Waals surface area contributed by atoms with Gasteiger partial charge in [0.2, 0.25) is 0 Å². The molecule has 70 valence electrons. The molecule has 0 radical (unpaired) electrons. The van der Waals surface area contributed by atoms with E-state index in [9.17, 15) is 13.2 Å². The second-order valence-electron chi connectivity index (χ2n) is 2.24. The molecule has 3 nitrogen and oxygen atoms in total. The smallest absolute Gasteiger partial charge is 0.262 e. The molecule has 0 aliphatic heterocycles. The highest BCUT2D eigenvalue weighted by Gasteiger charge is 2.14. The second kappa shape index (κ2) is 3.77. The van der Waals surface area contributed by atoms with Crippen molar-refractivity contribution in [2.75, 3.05) is 0 Å². The Hall–Kier alpha value is -0.390. The Kier molecular flexibility index (Phi) is 3.10. The minimum atomic E-state index is -3.84. The molecule has 0 aliphatic carbocycles. The first-order valence-electron chi connectivity index (χ1n) is 3.14. The van der Waals surface area contributed by atoms with Gasteiger partial charge < -0.3 is 0 Å². The van der Waals surface area contributed by atoms with Crippen LogP contribution < -0.4 is 0 Å². The summed E-state index contributed by atoms with van der Waals surface area (Å²) >= 11 is 3.11. The number of benzene rings is 1. The average molecular weight is 284 g/mol. The molecule has 0 spiro atoms. The van der Waals surface area contributed by atoms with Crippen molar-refractivity contribution >= 4 is 41.9 Å². The molecule has 0 unspecified atom stereocenters. The van der Waals surface area contributed by atoms with E-state index in [1.165, 1.54) is 18.2 Å². The maximum Gasteiger partial charge on any atom is 0.262 e. The number of hydrogen-bond acceptors (Lipinski definition) is 3. The topological polar surface area (TPSA) is 51.2 Å². The number of rotatable bonds is 2. The molecule has 0 aliphatic rings. The molecule has 0 heterocycles. The molecule has 6 heteroatoms. The molecular formula is C7H4BrClO3S. The van der Waals surface area contributed by atoms with E-state index in [2.05, 4.69) is 15.9 Å². The highest BCUT2D eigenvalue weighted by molar-refractivity contribution is 9.10. The van der Waals surface area contributed by atoms with E-state index in [1.807, 2.05) is 0 Å². The van der Waals surface area contributed by atoms with Crippen LogP contribution in [0.15, 0.2) is 27.6 Å². The summed E-state index contributed by atoms with van der Waals surface area (Å²) in [6.45, 7) is 0. The van der Waals surface area contributed by atoms with Gasteiger partial charge in [-0.3, -0.25) is 4.79 Å². The number of halogens is 2. The summed E-state index contributed by atoms with van der Waals surface area (Å²) in [5.41, 5.74) is 0.0457. The molecule has 0 saturated heterocycles. The van der Waals surface area contributed by atoms with Gasteiger partial charge in [-0.1, -0.05) is 15.9 Å². The zero-order valence-corrected chi connectivity index (χ0v) is 9.36. The Bertz CT molecular complexity index is 441. The molecule has 1 rings (SSSR count). The number of hydrogen-bond donors (Lipinski definition) is 0. The Morgan fingerprint density at radius 3 is 2.46 bits per heavy atom. The molecule has 0 atom stereocenters. The summed E-state index contributed by atoms with van der Waals surface area (Å²) in [7, 11) is 1.25. The van der Waals surface area contributed by atoms with Crippen LogP contribution >= 0.6 is 26.6 Å². The predicted octanol–water partition coefficient (Wildman–Crippen LogP) is 2.19. The third-order valence-electron chi connectivity index (χ3n) is 1.36. The third kappa shape index (κ3) is 2.52. The normalized spacial score (nSPS) is 11.2. The van der Waals surface area contributed by atoms with Crippen LogP contribution in [-0.4, -0.2) is 14.7 Å². The second-order valence-corrected chi connectivity index (χ2v) is 5.69. The van der Waals surface area contributed by atoms with Gasteiger partial charge in [0.15, 0.2) is 6.29 Å². The van der Waals surface area contributed by atoms with Crippen molar-refractivity contribution in [3.8, 4) is 0 Å². The van der Waals surface area contributed by atoms with Gasteiger partial charge in [0.05, 0.1) is 4.90 Å². The van der Waals surface area contributed by atoms with Crippen LogP contribution in [0.5, 0.6) is 0 Å². The molecule has 1 aromatic rings. The molecule has 0 amide bonds. The standard InChI is InChI=1S/C7H4BrClO3S/c8-6-1-2-7(13(9,11)12)5(3-6)4-10/h1-4H. The van der Waals surface area contributed by atoms with Crippen LogP contribution in [0.2, 0.25) is 0 Å². The van der Waals surface area contributed by atoms with E-state index in [0.29, 0.717) is 10.8 Å². The van der Waals surface area contributed by atoms with Crippen molar-refractivity contribution in [1.82, 2.24) is 0 Å². The van der Waals surface area contributed by atoms with Crippen molar-refractivity contribution in [2.45, 2.75) is 4.90 Å². The number of carbonyl (C=O) groups excluding carboxylic acids is 1. The molecule has 1 aromatic carbocycles. The lowest BCUT2D eigenvalue weighted by Crippen LogP contribution is -1.96. The van der Waals surface area contributed by atoms with Gasteiger partial charge >= 0.3 is 0 Å². The van der Waals surface area contributed by atoms with Crippen LogP contribution in [0.3, 0.4) is 0 Å². The Balaban J connectivity index is 3.47. The fourth-order valence-corrected chi connectivity index (χ4v) is 2.25. The summed E-state index contributed by atoms with van der Waals surface area (Å²) < 4.78 is 22.5. The van der Waals surface area contributed by atoms with E-state index in [1.54, 1.807) is 0 Å². The number of carbonyl (C=O) groups is 1. The van der Waals surface area contributed by atoms with E-state index >= 15 is 0 Å². The van der Waals surface area contributed by atoms with Gasteiger partial charge in [-0.15, -0.1) is 0 Å². The van der Waals surface area contributed by atoms with Gasteiger partial charge in [-0.25, -0.2) is 8.42 Å². The Morgan fingerprint density at radius 2 is 2.00 bits per heavy atom. The highest BCUT2D eigenvalue weighted by Crippen LogP contribution is 2.22. The molecule has 0 bridgehead atoms. The van der Waals surface area contributed by atoms with Gasteiger partial charge in [-0.2, -0.15) is 0 Å². The minimum Gasteiger partial charge on any atom is -0.298 e. The summed E-state index contributed by atoms with van der Waals surface area (Å²) in [5.74, 6) is 0. The lowest BCUT2D eigenvalue weighted by Gasteiger charge is -1.99. The van der Waals surface area contributed by atoms with Gasteiger partial charge in [0, 0.05) is 20.7 Å². The van der Waals surface area contributed by atoms with Crippen LogP contribution in [-0.2, 0) is 9.05 Å². The first-order chi connectivity index (χ1) is 5.95. The quantitative estimate of drug-likeness (QED) is 0.617. The maximum absolute atomic E-state index is 10.9. The van der Waals surface area contributed by atoms with Gasteiger partial charge in [0.1, 0.15) is 0 Å². The van der Waals surface area contributed by atoms with Gasteiger partial charge in [-0.05, 0) is 18.2 Å². The van der Waals surface area contributed by atoms with E-state index in [-0.39, 0.29) is 10.5 Å². The molecule has 0 fully saturated rings. The average Bonchev–Trinajstić information content (AvgIpc) is 2.01. The fraction of sp³-hybridized carbons (Fsp3) is 0. The lowest BCUT2D eigenvalue weighted by molar-refractivity contribution is 0.112. The van der Waals surface area contributed by atoms with E-state index < -0.39 is 9.05 Å². The largest absolute Gasteiger partial charge is 0.298 e. The predicted molar refractivity (Wildman–Crippen MR) is 52.6 cm³/mol. The van der Waals surface area contributed by atoms with Crippen molar-refractivity contribution < 1.29 is 13.2 Å². The van der Waals surface area contributed by atoms with Crippen molar-refractivity contribution in [3.63, 3.8) is 0 Å². The summed E-state index contributed by atoms with van der Waals surface area (Å²) in [5, 5.41) is 0. The molecular weight excluding hydrogens is 279 g/mol. The first-order valence-corrected chi connectivity index (χ1v) is 6.25. The summed E-state index contributed by atoms with van der Waals surface area (Å²) in [6, 6.07) is 4.17. The zero-order valence-electron chi connectivity index (χ0n) is 6.20. The number of aldehydes is 1. The lowest BCUT2D eigenvalue weighted by atomic mass is 10.2. The monoisotopic (exact) mass is 282 g/mol. The van der Waals surface area contributed by atoms with Crippen LogP contribution in [0.1, 0.15) is 10.4 Å². The molecule has 13 heavy (non-hydrogen) atoms. The molecule has 0 saturated carbocycles. The Labute approximate surface area is 88.3 Å². The zero-order chi connectivity index (χ0) is 10.1. The van der Waals surface area contributed by atoms with Crippen LogP contribution in [0, 0.1) is 0 Å². The molecule has 0 aromatic heterocycles. The van der Waals surface area contributed by atoms with Crippen molar-refractivity contribution in [1.29, 1.82) is 0 Å². The Morgan fingerprint density at radius 1 is 1.38 bits per heavy atom. The SMILES string of the molecule is O=Cc1cc(Br)ccc1S(=O)(=O)Cl. The van der Waals surface area contributed by atoms with E-state index in [0.717, 1.165) is 0 Å². The van der Waals surface area contributed by atoms with Crippen molar-refractivity contribution in [2.24, 2.45) is 0 Å². The highest BCUT2D eigenvalue weighted by atomic mass is 79.9. The van der Waals surface area contributed by atoms with Crippen molar-refractivity contribution in [3.05, 3.63) is 28.2 Å². The fourth-order valence-electron chi connectivity index (χ4n) is 0.833. The van der Waals surface area contributed by atoms with E-state index in [4.69, 9.17) is 10.7 Å². The molecule has 0 N–H and O–H groups in total. The van der Waals surface area contributed by atoms with Gasteiger partial charge in [0.25, 0.3) is 9.05 Å². The maximum atomic E-state index is 10.9. The third-order valence-corrected chi connectivity index (χ3v) is 3.25. The summed E-state index contributed by atoms with van der Waals surface area (Å²) in [4.78, 5) is 10.3. The van der Waals surface area contributed by atoms with Crippen LogP contribution in [0.4, 0.5) is 0 Å². The first kappa shape index (κ1) is 10.7. The minimum absolute atomic E-state index is 0.0457. The summed E-state index contributed by atoms with van der Waals surface area (Å²) in [6.07, 6.45) is 0.444.